The first-order valence-corrected chi connectivity index (χ1v) is 7.30. The number of hydrogen-bond donors (Lipinski definition) is 0. The summed E-state index contributed by atoms with van der Waals surface area (Å²) in [6.07, 6.45) is 0.863. The van der Waals surface area contributed by atoms with E-state index in [0.717, 1.165) is 10.9 Å². The van der Waals surface area contributed by atoms with Gasteiger partial charge in [-0.05, 0) is 36.6 Å². The molecule has 0 atom stereocenters. The van der Waals surface area contributed by atoms with Crippen molar-refractivity contribution >= 4 is 33.0 Å². The summed E-state index contributed by atoms with van der Waals surface area (Å²) in [4.78, 5) is 12.8. The Morgan fingerprint density at radius 2 is 2.22 bits per heavy atom. The van der Waals surface area contributed by atoms with Crippen molar-refractivity contribution in [1.82, 2.24) is 0 Å². The van der Waals surface area contributed by atoms with Crippen LogP contribution in [0.25, 0.3) is 0 Å². The van der Waals surface area contributed by atoms with Crippen LogP contribution in [-0.2, 0) is 6.42 Å². The lowest BCUT2D eigenvalue weighted by molar-refractivity contribution is 0.101. The number of halogens is 1. The lowest BCUT2D eigenvalue weighted by atomic mass is 10.1. The molecule has 2 aromatic rings. The van der Waals surface area contributed by atoms with Crippen LogP contribution in [-0.4, -0.2) is 12.4 Å². The molecular formula is C14H13BrO2S. The summed E-state index contributed by atoms with van der Waals surface area (Å²) in [6.45, 7) is 2.13. The van der Waals surface area contributed by atoms with Crippen LogP contribution in [0.5, 0.6) is 5.75 Å². The first-order valence-electron chi connectivity index (χ1n) is 5.62. The van der Waals surface area contributed by atoms with E-state index in [4.69, 9.17) is 4.74 Å². The molecule has 1 aromatic carbocycles. The number of rotatable bonds is 5. The molecule has 0 N–H and O–H groups in total. The largest absolute Gasteiger partial charge is 0.492 e. The highest BCUT2D eigenvalue weighted by atomic mass is 79.9. The van der Waals surface area contributed by atoms with Crippen molar-refractivity contribution in [1.29, 1.82) is 0 Å². The molecule has 0 bridgehead atoms. The molecule has 0 amide bonds. The van der Waals surface area contributed by atoms with Gasteiger partial charge < -0.3 is 4.74 Å². The van der Waals surface area contributed by atoms with Crippen LogP contribution in [0.4, 0.5) is 0 Å². The molecule has 4 heteroatoms. The van der Waals surface area contributed by atoms with Crippen LogP contribution in [0.2, 0.25) is 0 Å². The molecule has 0 aliphatic carbocycles. The number of carbonyl (C=O) groups is 1. The van der Waals surface area contributed by atoms with Gasteiger partial charge in [0.15, 0.2) is 5.78 Å². The molecule has 0 aliphatic heterocycles. The highest BCUT2D eigenvalue weighted by Gasteiger charge is 2.09. The zero-order chi connectivity index (χ0) is 13.0. The van der Waals surface area contributed by atoms with E-state index in [1.165, 1.54) is 4.88 Å². The zero-order valence-corrected chi connectivity index (χ0v) is 12.4. The number of carbonyl (C=O) groups excluding carboxylic acids is 1. The summed E-state index contributed by atoms with van der Waals surface area (Å²) < 4.78 is 6.62. The van der Waals surface area contributed by atoms with Gasteiger partial charge in [-0.15, -0.1) is 11.3 Å². The maximum Gasteiger partial charge on any atom is 0.163 e. The summed E-state index contributed by atoms with van der Waals surface area (Å²) in [5.74, 6) is 0.669. The van der Waals surface area contributed by atoms with Crippen molar-refractivity contribution in [3.63, 3.8) is 0 Å². The Labute approximate surface area is 119 Å². The summed E-state index contributed by atoms with van der Waals surface area (Å²) in [5.41, 5.74) is 0.629. The summed E-state index contributed by atoms with van der Waals surface area (Å²) in [6, 6.07) is 9.59. The Kier molecular flexibility index (Phi) is 4.55. The lowest BCUT2D eigenvalue weighted by Crippen LogP contribution is -2.04. The number of hydrogen-bond acceptors (Lipinski definition) is 3. The second-order valence-electron chi connectivity index (χ2n) is 3.87. The third-order valence-corrected chi connectivity index (χ3v) is 3.94. The van der Waals surface area contributed by atoms with Crippen molar-refractivity contribution in [2.45, 2.75) is 13.3 Å². The van der Waals surface area contributed by atoms with E-state index in [1.807, 2.05) is 18.2 Å². The molecule has 0 fully saturated rings. The zero-order valence-electron chi connectivity index (χ0n) is 9.98. The monoisotopic (exact) mass is 324 g/mol. The van der Waals surface area contributed by atoms with Gasteiger partial charge in [0.2, 0.25) is 0 Å². The minimum Gasteiger partial charge on any atom is -0.492 e. The van der Waals surface area contributed by atoms with Gasteiger partial charge in [0.25, 0.3) is 0 Å². The van der Waals surface area contributed by atoms with Gasteiger partial charge in [0, 0.05) is 15.8 Å². The molecule has 0 radical (unpaired) electrons. The molecule has 0 saturated heterocycles. The van der Waals surface area contributed by atoms with Crippen LogP contribution < -0.4 is 4.74 Å². The van der Waals surface area contributed by atoms with Crippen molar-refractivity contribution in [2.24, 2.45) is 0 Å². The maximum atomic E-state index is 11.5. The van der Waals surface area contributed by atoms with Gasteiger partial charge in [-0.2, -0.15) is 0 Å². The van der Waals surface area contributed by atoms with Crippen LogP contribution in [0.3, 0.4) is 0 Å². The Balaban J connectivity index is 2.03. The quantitative estimate of drug-likeness (QED) is 0.765. The van der Waals surface area contributed by atoms with E-state index >= 15 is 0 Å². The van der Waals surface area contributed by atoms with Crippen molar-refractivity contribution in [2.75, 3.05) is 6.61 Å². The third-order valence-electron chi connectivity index (χ3n) is 2.51. The predicted octanol–water partition coefficient (Wildman–Crippen LogP) is 4.33. The second kappa shape index (κ2) is 6.16. The molecule has 2 rings (SSSR count). The average molecular weight is 325 g/mol. The van der Waals surface area contributed by atoms with Crippen molar-refractivity contribution in [3.05, 3.63) is 50.6 Å². The van der Waals surface area contributed by atoms with Gasteiger partial charge in [-0.3, -0.25) is 4.79 Å². The van der Waals surface area contributed by atoms with E-state index in [9.17, 15) is 4.79 Å². The second-order valence-corrected chi connectivity index (χ2v) is 5.82. The highest BCUT2D eigenvalue weighted by molar-refractivity contribution is 9.10. The Morgan fingerprint density at radius 3 is 2.89 bits per heavy atom. The minimum atomic E-state index is 0.0219. The maximum absolute atomic E-state index is 11.5. The number of ketones is 1. The van der Waals surface area contributed by atoms with E-state index in [-0.39, 0.29) is 5.78 Å². The minimum absolute atomic E-state index is 0.0219. The number of Topliss-reactive ketones (excluding diaryl/α,β-unsaturated/α-hetero) is 1. The molecule has 1 aromatic heterocycles. The fourth-order valence-corrected chi connectivity index (χ4v) is 2.65. The van der Waals surface area contributed by atoms with E-state index in [2.05, 4.69) is 27.4 Å². The highest BCUT2D eigenvalue weighted by Crippen LogP contribution is 2.24. The molecular weight excluding hydrogens is 312 g/mol. The molecule has 0 saturated carbocycles. The summed E-state index contributed by atoms with van der Waals surface area (Å²) >= 11 is 5.10. The van der Waals surface area contributed by atoms with Gasteiger partial charge in [0.05, 0.1) is 12.2 Å². The van der Waals surface area contributed by atoms with Gasteiger partial charge in [0.1, 0.15) is 5.75 Å². The van der Waals surface area contributed by atoms with Crippen molar-refractivity contribution in [3.8, 4) is 5.75 Å². The van der Waals surface area contributed by atoms with Crippen LogP contribution in [0, 0.1) is 0 Å². The normalized spacial score (nSPS) is 10.3. The average Bonchev–Trinajstić information content (AvgIpc) is 2.82. The topological polar surface area (TPSA) is 26.3 Å². The van der Waals surface area contributed by atoms with Crippen LogP contribution in [0.15, 0.2) is 40.2 Å². The lowest BCUT2D eigenvalue weighted by Gasteiger charge is -2.09. The van der Waals surface area contributed by atoms with E-state index in [0.29, 0.717) is 17.9 Å². The number of thiophene rings is 1. The first-order chi connectivity index (χ1) is 8.66. The predicted molar refractivity (Wildman–Crippen MR) is 77.7 cm³/mol. The van der Waals surface area contributed by atoms with Crippen molar-refractivity contribution < 1.29 is 9.53 Å². The number of benzene rings is 1. The summed E-state index contributed by atoms with van der Waals surface area (Å²) in [7, 11) is 0. The fraction of sp³-hybridized carbons (Fsp3) is 0.214. The molecule has 18 heavy (non-hydrogen) atoms. The Hall–Kier alpha value is -1.13. The van der Waals surface area contributed by atoms with Gasteiger partial charge in [-0.25, -0.2) is 0 Å². The standard InChI is InChI=1S/C14H13BrO2S/c1-10(16)13-5-4-11(15)9-14(13)17-7-6-12-3-2-8-18-12/h2-5,8-9H,6-7H2,1H3. The smallest absolute Gasteiger partial charge is 0.163 e. The molecule has 0 unspecified atom stereocenters. The van der Waals surface area contributed by atoms with E-state index < -0.39 is 0 Å². The molecule has 0 spiro atoms. The summed E-state index contributed by atoms with van der Waals surface area (Å²) in [5, 5.41) is 2.05. The first kappa shape index (κ1) is 13.3. The Morgan fingerprint density at radius 1 is 1.39 bits per heavy atom. The molecule has 94 valence electrons. The Bertz CT molecular complexity index is 535. The third kappa shape index (κ3) is 3.43. The molecule has 1 heterocycles. The SMILES string of the molecule is CC(=O)c1ccc(Br)cc1OCCc1cccs1. The van der Waals surface area contributed by atoms with Crippen LogP contribution in [0.1, 0.15) is 22.2 Å². The molecule has 0 aliphatic rings. The van der Waals surface area contributed by atoms with Gasteiger partial charge >= 0.3 is 0 Å². The molecule has 2 nitrogen and oxygen atoms in total. The van der Waals surface area contributed by atoms with Gasteiger partial charge in [-0.1, -0.05) is 22.0 Å². The number of ether oxygens (including phenoxy) is 1. The van der Waals surface area contributed by atoms with Crippen LogP contribution >= 0.6 is 27.3 Å². The fourth-order valence-electron chi connectivity index (χ4n) is 1.62. The van der Waals surface area contributed by atoms with E-state index in [1.54, 1.807) is 24.3 Å².